The van der Waals surface area contributed by atoms with E-state index in [0.717, 1.165) is 39.3 Å². The maximum Gasteiger partial charge on any atom is 0.406 e. The van der Waals surface area contributed by atoms with Gasteiger partial charge in [0.25, 0.3) is 0 Å². The number of rotatable bonds is 16. The molecule has 0 bridgehead atoms. The van der Waals surface area contributed by atoms with Crippen LogP contribution < -0.4 is 24.8 Å². The Morgan fingerprint density at radius 2 is 1.62 bits per heavy atom. The maximum atomic E-state index is 11.0. The summed E-state index contributed by atoms with van der Waals surface area (Å²) < 4.78 is 33.0. The number of aromatic nitrogens is 2. The highest BCUT2D eigenvalue weighted by molar-refractivity contribution is 6.05. The molecule has 0 fully saturated rings. The van der Waals surface area contributed by atoms with E-state index in [1.165, 1.54) is 7.11 Å². The molecule has 11 nitrogen and oxygen atoms in total. The number of carbonyl (C=O) groups is 1. The molecular weight excluding hydrogens is 504 g/mol. The summed E-state index contributed by atoms with van der Waals surface area (Å²) in [5.41, 5.74) is 2.92. The first-order valence-electron chi connectivity index (χ1n) is 13.0. The molecule has 1 aliphatic heterocycles. The maximum absolute atomic E-state index is 11.0. The third kappa shape index (κ3) is 7.49. The van der Waals surface area contributed by atoms with E-state index in [0.29, 0.717) is 64.3 Å². The number of benzene rings is 2. The molecule has 0 spiro atoms. The zero-order valence-corrected chi connectivity index (χ0v) is 22.6. The number of fused-ring (bicyclic) bond motifs is 3. The lowest BCUT2D eigenvalue weighted by Gasteiger charge is -2.13. The Balaban J connectivity index is 1.33. The van der Waals surface area contributed by atoms with Crippen LogP contribution in [0.3, 0.4) is 0 Å². The van der Waals surface area contributed by atoms with Crippen molar-refractivity contribution in [2.75, 3.05) is 65.2 Å². The van der Waals surface area contributed by atoms with Gasteiger partial charge in [-0.05, 0) is 49.6 Å². The van der Waals surface area contributed by atoms with E-state index < -0.39 is 6.09 Å². The number of ether oxygens (including phenoxy) is 6. The van der Waals surface area contributed by atoms with Gasteiger partial charge in [0, 0.05) is 29.2 Å². The van der Waals surface area contributed by atoms with Gasteiger partial charge in [0.1, 0.15) is 18.2 Å². The number of nitrogens with one attached hydrogen (secondary N) is 4. The molecule has 2 aromatic carbocycles. The summed E-state index contributed by atoms with van der Waals surface area (Å²) in [6.45, 7) is 7.41. The third-order valence-electron chi connectivity index (χ3n) is 5.81. The molecule has 1 amide bonds. The standard InChI is InChI=1S/C28H36N4O7/c1-4-37-21-8-6-7-20(17-21)30-27-23-15-19-16-24(38-5-2)25(18-22(19)26(23)31-32-27)39-14-13-36-12-11-35-10-9-29-28(33)34-3/h6-8,15-18,30-32H,4-5,9-14H2,1-3H3,(H,29,33). The van der Waals surface area contributed by atoms with Crippen molar-refractivity contribution in [2.24, 2.45) is 0 Å². The molecule has 0 radical (unpaired) electrons. The van der Waals surface area contributed by atoms with Crippen molar-refractivity contribution in [3.8, 4) is 28.5 Å². The van der Waals surface area contributed by atoms with Crippen molar-refractivity contribution in [2.45, 2.75) is 13.8 Å². The normalized spacial score (nSPS) is 11.1. The molecule has 0 aromatic heterocycles. The number of amides is 1. The number of carbonyl (C=O) groups excluding carboxylic acids is 1. The first-order valence-corrected chi connectivity index (χ1v) is 13.0. The van der Waals surface area contributed by atoms with Crippen molar-refractivity contribution in [3.05, 3.63) is 42.5 Å². The monoisotopic (exact) mass is 540 g/mol. The highest BCUT2D eigenvalue weighted by Crippen LogP contribution is 2.43. The van der Waals surface area contributed by atoms with Crippen LogP contribution in [0.15, 0.2) is 42.5 Å². The lowest BCUT2D eigenvalue weighted by Crippen LogP contribution is -2.27. The molecule has 0 saturated heterocycles. The number of hydrogen-bond donors (Lipinski definition) is 4. The van der Waals surface area contributed by atoms with Crippen LogP contribution in [0.25, 0.3) is 22.0 Å². The van der Waals surface area contributed by atoms with Crippen LogP contribution >= 0.6 is 0 Å². The second-order valence-corrected chi connectivity index (χ2v) is 8.45. The summed E-state index contributed by atoms with van der Waals surface area (Å²) in [6, 6.07) is 14.0. The summed E-state index contributed by atoms with van der Waals surface area (Å²) in [4.78, 5) is 11.0. The van der Waals surface area contributed by atoms with E-state index in [4.69, 9.17) is 23.7 Å². The molecule has 0 saturated carbocycles. The highest BCUT2D eigenvalue weighted by atomic mass is 16.6. The summed E-state index contributed by atoms with van der Waals surface area (Å²) in [5.74, 6) is 3.00. The van der Waals surface area contributed by atoms with Gasteiger partial charge in [0.05, 0.1) is 52.4 Å². The smallest absolute Gasteiger partial charge is 0.406 e. The number of hydrogen-bond acceptors (Lipinski definition) is 8. The minimum Gasteiger partial charge on any atom is -0.494 e. The summed E-state index contributed by atoms with van der Waals surface area (Å²) in [7, 11) is 1.32. The second-order valence-electron chi connectivity index (χ2n) is 8.45. The van der Waals surface area contributed by atoms with Crippen LogP contribution in [0.4, 0.5) is 16.3 Å². The minimum atomic E-state index is -0.478. The Bertz CT molecular complexity index is 1300. The Hall–Kier alpha value is -4.09. The zero-order chi connectivity index (χ0) is 27.5. The molecule has 2 aliphatic rings. The lowest BCUT2D eigenvalue weighted by molar-refractivity contribution is 0.0368. The van der Waals surface area contributed by atoms with Crippen LogP contribution in [0.1, 0.15) is 13.8 Å². The number of alkyl carbamates (subject to hydrolysis) is 1. The van der Waals surface area contributed by atoms with Crippen molar-refractivity contribution < 1.29 is 33.2 Å². The summed E-state index contributed by atoms with van der Waals surface area (Å²) in [6.07, 6.45) is -0.478. The molecular formula is C28H36N4O7. The first-order chi connectivity index (χ1) is 19.1. The predicted octanol–water partition coefficient (Wildman–Crippen LogP) is 4.91. The summed E-state index contributed by atoms with van der Waals surface area (Å²) >= 11 is 0. The molecule has 2 aromatic rings. The van der Waals surface area contributed by atoms with E-state index in [1.54, 1.807) is 0 Å². The molecule has 4 N–H and O–H groups in total. The SMILES string of the molecule is CCOc1cccc(Nc2[nH][nH]c3c4cc(OCCOCCOCCNC(=O)OC)c(OCC)cc4cc2-3)c1. The number of H-pyrrole nitrogens is 2. The molecule has 210 valence electrons. The van der Waals surface area contributed by atoms with Crippen LogP contribution in [-0.4, -0.2) is 76.2 Å². The van der Waals surface area contributed by atoms with Gasteiger partial charge in [-0.15, -0.1) is 0 Å². The van der Waals surface area contributed by atoms with E-state index in [2.05, 4.69) is 31.6 Å². The van der Waals surface area contributed by atoms with E-state index in [1.807, 2.05) is 50.2 Å². The fourth-order valence-corrected chi connectivity index (χ4v) is 4.09. The quantitative estimate of drug-likeness (QED) is 0.148. The fourth-order valence-electron chi connectivity index (χ4n) is 4.09. The van der Waals surface area contributed by atoms with Crippen LogP contribution in [0.5, 0.6) is 17.2 Å². The minimum absolute atomic E-state index is 0.360. The summed E-state index contributed by atoms with van der Waals surface area (Å²) in [5, 5.41) is 14.6. The molecule has 11 heteroatoms. The van der Waals surface area contributed by atoms with Crippen LogP contribution in [-0.2, 0) is 14.2 Å². The Kier molecular flexibility index (Phi) is 10.1. The van der Waals surface area contributed by atoms with E-state index in [-0.39, 0.29) is 0 Å². The lowest BCUT2D eigenvalue weighted by atomic mass is 10.2. The van der Waals surface area contributed by atoms with Crippen LogP contribution in [0, 0.1) is 0 Å². The van der Waals surface area contributed by atoms with Crippen molar-refractivity contribution >= 4 is 28.4 Å². The van der Waals surface area contributed by atoms with Gasteiger partial charge in [-0.3, -0.25) is 10.2 Å². The third-order valence-corrected chi connectivity index (χ3v) is 5.81. The topological polar surface area (TPSA) is 128 Å². The highest BCUT2D eigenvalue weighted by Gasteiger charge is 2.20. The van der Waals surface area contributed by atoms with E-state index in [9.17, 15) is 4.79 Å². The molecule has 39 heavy (non-hydrogen) atoms. The number of methoxy groups -OCH3 is 1. The molecule has 4 rings (SSSR count). The van der Waals surface area contributed by atoms with Crippen molar-refractivity contribution in [3.63, 3.8) is 0 Å². The van der Waals surface area contributed by atoms with Crippen LogP contribution in [0.2, 0.25) is 0 Å². The number of anilines is 2. The Morgan fingerprint density at radius 3 is 2.41 bits per heavy atom. The molecule has 1 aliphatic carbocycles. The van der Waals surface area contributed by atoms with Gasteiger partial charge in [-0.2, -0.15) is 0 Å². The predicted molar refractivity (Wildman–Crippen MR) is 149 cm³/mol. The first kappa shape index (κ1) is 27.9. The van der Waals surface area contributed by atoms with Crippen molar-refractivity contribution in [1.29, 1.82) is 0 Å². The largest absolute Gasteiger partial charge is 0.494 e. The van der Waals surface area contributed by atoms with E-state index >= 15 is 0 Å². The second kappa shape index (κ2) is 14.2. The Morgan fingerprint density at radius 1 is 0.846 bits per heavy atom. The molecule has 0 atom stereocenters. The fraction of sp³-hybridized carbons (Fsp3) is 0.393. The molecule has 1 heterocycles. The van der Waals surface area contributed by atoms with Gasteiger partial charge in [0.15, 0.2) is 11.5 Å². The average Bonchev–Trinajstić information content (AvgIpc) is 3.49. The van der Waals surface area contributed by atoms with Crippen molar-refractivity contribution in [1.82, 2.24) is 15.5 Å². The zero-order valence-electron chi connectivity index (χ0n) is 22.6. The van der Waals surface area contributed by atoms with Gasteiger partial charge < -0.3 is 39.1 Å². The number of aromatic amines is 2. The average molecular weight is 541 g/mol. The van der Waals surface area contributed by atoms with Gasteiger partial charge >= 0.3 is 6.09 Å². The van der Waals surface area contributed by atoms with Gasteiger partial charge in [-0.25, -0.2) is 4.79 Å². The Labute approximate surface area is 227 Å². The van der Waals surface area contributed by atoms with Gasteiger partial charge in [-0.1, -0.05) is 6.07 Å². The molecule has 0 unspecified atom stereocenters. The van der Waals surface area contributed by atoms with Gasteiger partial charge in [0.2, 0.25) is 0 Å².